The monoisotopic (exact) mass is 391 g/mol. The maximum atomic E-state index is 12.9. The lowest BCUT2D eigenvalue weighted by atomic mass is 9.90. The lowest BCUT2D eigenvalue weighted by Crippen LogP contribution is -2.39. The molecule has 1 unspecified atom stereocenters. The van der Waals surface area contributed by atoms with Gasteiger partial charge in [-0.15, -0.1) is 0 Å². The molecule has 3 nitrogen and oxygen atoms in total. The second kappa shape index (κ2) is 8.35. The Morgan fingerprint density at radius 2 is 1.54 bits per heavy atom. The van der Waals surface area contributed by atoms with Crippen LogP contribution < -0.4 is 0 Å². The number of aryl methyl sites for hydroxylation is 1. The van der Waals surface area contributed by atoms with Gasteiger partial charge in [-0.1, -0.05) is 43.3 Å². The van der Waals surface area contributed by atoms with Crippen molar-refractivity contribution in [3.63, 3.8) is 0 Å². The van der Waals surface area contributed by atoms with Crippen LogP contribution in [-0.2, 0) is 17.4 Å². The zero-order valence-corrected chi connectivity index (χ0v) is 15.7. The van der Waals surface area contributed by atoms with Crippen LogP contribution in [0.2, 0.25) is 0 Å². The van der Waals surface area contributed by atoms with Crippen LogP contribution in [0.15, 0.2) is 48.5 Å². The first-order valence-corrected chi connectivity index (χ1v) is 9.52. The third kappa shape index (κ3) is 4.55. The first-order valence-electron chi connectivity index (χ1n) is 9.52. The molecule has 150 valence electrons. The fraction of sp³-hybridized carbons (Fsp3) is 0.409. The van der Waals surface area contributed by atoms with Gasteiger partial charge in [0.2, 0.25) is 0 Å². The number of halogens is 3. The predicted molar refractivity (Wildman–Crippen MR) is 101 cm³/mol. The number of rotatable bonds is 5. The predicted octanol–water partition coefficient (Wildman–Crippen LogP) is 5.15. The molecule has 2 aromatic rings. The molecule has 0 bridgehead atoms. The summed E-state index contributed by atoms with van der Waals surface area (Å²) in [5.74, 6) is -1.13. The molecule has 1 N–H and O–H groups in total. The van der Waals surface area contributed by atoms with Gasteiger partial charge in [-0.05, 0) is 61.2 Å². The molecule has 1 aliphatic rings. The van der Waals surface area contributed by atoms with Crippen LogP contribution in [0.25, 0.3) is 0 Å². The molecule has 0 saturated carbocycles. The number of carbonyl (C=O) groups is 1. The summed E-state index contributed by atoms with van der Waals surface area (Å²) in [6, 6.07) is 13.2. The summed E-state index contributed by atoms with van der Waals surface area (Å²) in [5, 5.41) is 9.24. The maximum Gasteiger partial charge on any atom is 0.416 e. The van der Waals surface area contributed by atoms with E-state index in [9.17, 15) is 23.1 Å². The Bertz CT molecular complexity index is 792. The molecular weight excluding hydrogens is 367 g/mol. The van der Waals surface area contributed by atoms with E-state index in [2.05, 4.69) is 11.8 Å². The zero-order valence-electron chi connectivity index (χ0n) is 15.7. The smallest absolute Gasteiger partial charge is 0.416 e. The molecule has 1 fully saturated rings. The topological polar surface area (TPSA) is 40.5 Å². The Hall–Kier alpha value is -2.34. The highest BCUT2D eigenvalue weighted by molar-refractivity contribution is 5.70. The first-order chi connectivity index (χ1) is 13.3. The minimum atomic E-state index is -4.36. The highest BCUT2D eigenvalue weighted by Crippen LogP contribution is 2.35. The van der Waals surface area contributed by atoms with Gasteiger partial charge < -0.3 is 5.11 Å². The summed E-state index contributed by atoms with van der Waals surface area (Å²) >= 11 is 0. The number of aliphatic carboxylic acids is 1. The van der Waals surface area contributed by atoms with E-state index in [0.29, 0.717) is 25.9 Å². The molecule has 28 heavy (non-hydrogen) atoms. The number of alkyl halides is 3. The van der Waals surface area contributed by atoms with Gasteiger partial charge in [0, 0.05) is 0 Å². The quantitative estimate of drug-likeness (QED) is 0.766. The molecule has 6 heteroatoms. The van der Waals surface area contributed by atoms with Crippen molar-refractivity contribution in [3.05, 3.63) is 70.8 Å². The van der Waals surface area contributed by atoms with Crippen molar-refractivity contribution in [2.24, 2.45) is 5.92 Å². The van der Waals surface area contributed by atoms with Gasteiger partial charge in [0.25, 0.3) is 0 Å². The Labute approximate surface area is 162 Å². The molecule has 0 spiro atoms. The normalized spacial score (nSPS) is 17.4. The molecule has 2 aromatic carbocycles. The van der Waals surface area contributed by atoms with E-state index in [1.54, 1.807) is 0 Å². The van der Waals surface area contributed by atoms with E-state index in [-0.39, 0.29) is 12.0 Å². The van der Waals surface area contributed by atoms with Crippen LogP contribution in [0.4, 0.5) is 13.2 Å². The minimum absolute atomic E-state index is 0.192. The van der Waals surface area contributed by atoms with Crippen LogP contribution in [0, 0.1) is 5.92 Å². The van der Waals surface area contributed by atoms with Gasteiger partial charge in [0.15, 0.2) is 0 Å². The molecule has 1 atom stereocenters. The Kier molecular flexibility index (Phi) is 6.08. The molecule has 0 aliphatic carbocycles. The number of piperidine rings is 1. The Balaban J connectivity index is 1.91. The number of carboxylic acid groups (broad SMARTS) is 1. The fourth-order valence-electron chi connectivity index (χ4n) is 3.81. The van der Waals surface area contributed by atoms with Gasteiger partial charge in [-0.25, -0.2) is 0 Å². The third-order valence-corrected chi connectivity index (χ3v) is 5.50. The minimum Gasteiger partial charge on any atom is -0.481 e. The van der Waals surface area contributed by atoms with Gasteiger partial charge in [-0.3, -0.25) is 9.69 Å². The summed E-state index contributed by atoms with van der Waals surface area (Å²) in [6.45, 7) is 3.26. The number of carboxylic acids is 1. The van der Waals surface area contributed by atoms with Crippen LogP contribution in [-0.4, -0.2) is 29.1 Å². The van der Waals surface area contributed by atoms with E-state index in [4.69, 9.17) is 0 Å². The lowest BCUT2D eigenvalue weighted by molar-refractivity contribution is -0.143. The molecule has 0 amide bonds. The molecule has 0 aromatic heterocycles. The Morgan fingerprint density at radius 3 is 1.96 bits per heavy atom. The highest BCUT2D eigenvalue weighted by Gasteiger charge is 2.32. The number of likely N-dealkylation sites (tertiary alicyclic amines) is 1. The summed E-state index contributed by atoms with van der Waals surface area (Å²) < 4.78 is 38.8. The fourth-order valence-corrected chi connectivity index (χ4v) is 3.81. The van der Waals surface area contributed by atoms with E-state index in [1.165, 1.54) is 17.7 Å². The van der Waals surface area contributed by atoms with Crippen LogP contribution >= 0.6 is 0 Å². The number of benzene rings is 2. The second-order valence-electron chi connectivity index (χ2n) is 7.27. The van der Waals surface area contributed by atoms with Gasteiger partial charge in [-0.2, -0.15) is 13.2 Å². The molecule has 1 heterocycles. The SMILES string of the molecule is CCc1ccc(C(c2ccc(C(F)(F)F)cc2)N2CCC(C(=O)O)CC2)cc1. The standard InChI is InChI=1S/C22H24F3NO2/c1-2-15-3-5-16(6-4-15)20(26-13-11-18(12-14-26)21(27)28)17-7-9-19(10-8-17)22(23,24)25/h3-10,18,20H,2,11-14H2,1H3,(H,27,28). The van der Waals surface area contributed by atoms with Gasteiger partial charge in [0.1, 0.15) is 0 Å². The number of nitrogens with zero attached hydrogens (tertiary/aromatic N) is 1. The van der Waals surface area contributed by atoms with Crippen molar-refractivity contribution in [2.45, 2.75) is 38.4 Å². The van der Waals surface area contributed by atoms with Crippen molar-refractivity contribution >= 4 is 5.97 Å². The molecule has 0 radical (unpaired) electrons. The largest absolute Gasteiger partial charge is 0.481 e. The van der Waals surface area contributed by atoms with Crippen molar-refractivity contribution in [1.29, 1.82) is 0 Å². The van der Waals surface area contributed by atoms with Crippen molar-refractivity contribution in [3.8, 4) is 0 Å². The van der Waals surface area contributed by atoms with Gasteiger partial charge in [0.05, 0.1) is 17.5 Å². The van der Waals surface area contributed by atoms with E-state index in [1.807, 2.05) is 24.3 Å². The first kappa shape index (κ1) is 20.4. The average molecular weight is 391 g/mol. The Morgan fingerprint density at radius 1 is 1.04 bits per heavy atom. The highest BCUT2D eigenvalue weighted by atomic mass is 19.4. The lowest BCUT2D eigenvalue weighted by Gasteiger charge is -2.37. The zero-order chi connectivity index (χ0) is 20.3. The van der Waals surface area contributed by atoms with Gasteiger partial charge >= 0.3 is 12.1 Å². The third-order valence-electron chi connectivity index (χ3n) is 5.50. The summed E-state index contributed by atoms with van der Waals surface area (Å²) in [5.41, 5.74) is 2.32. The van der Waals surface area contributed by atoms with Crippen LogP contribution in [0.5, 0.6) is 0 Å². The van der Waals surface area contributed by atoms with Crippen molar-refractivity contribution in [2.75, 3.05) is 13.1 Å². The molecule has 1 aliphatic heterocycles. The molecule has 3 rings (SSSR count). The van der Waals surface area contributed by atoms with Crippen molar-refractivity contribution in [1.82, 2.24) is 4.90 Å². The van der Waals surface area contributed by atoms with Crippen LogP contribution in [0.3, 0.4) is 0 Å². The number of hydrogen-bond acceptors (Lipinski definition) is 2. The second-order valence-corrected chi connectivity index (χ2v) is 7.27. The average Bonchev–Trinajstić information content (AvgIpc) is 2.69. The molecular formula is C22H24F3NO2. The van der Waals surface area contributed by atoms with Crippen LogP contribution in [0.1, 0.15) is 48.1 Å². The number of hydrogen-bond donors (Lipinski definition) is 1. The summed E-state index contributed by atoms with van der Waals surface area (Å²) in [7, 11) is 0. The van der Waals surface area contributed by atoms with E-state index < -0.39 is 17.7 Å². The van der Waals surface area contributed by atoms with E-state index >= 15 is 0 Å². The molecule has 1 saturated heterocycles. The summed E-state index contributed by atoms with van der Waals surface area (Å²) in [6.07, 6.45) is -2.37. The summed E-state index contributed by atoms with van der Waals surface area (Å²) in [4.78, 5) is 13.4. The van der Waals surface area contributed by atoms with E-state index in [0.717, 1.165) is 29.7 Å². The maximum absolute atomic E-state index is 12.9. The van der Waals surface area contributed by atoms with Crippen molar-refractivity contribution < 1.29 is 23.1 Å².